The summed E-state index contributed by atoms with van der Waals surface area (Å²) in [6.07, 6.45) is 1.55. The molecule has 2 amide bonds. The number of rotatable bonds is 4. The molecule has 27 heavy (non-hydrogen) atoms. The topological polar surface area (TPSA) is 71.1 Å². The number of nitrogens with one attached hydrogen (secondary N) is 2. The number of hydrogen-bond acceptors (Lipinski definition) is 4. The predicted molar refractivity (Wildman–Crippen MR) is 107 cm³/mol. The third kappa shape index (κ3) is 3.75. The van der Waals surface area contributed by atoms with Crippen molar-refractivity contribution in [1.29, 1.82) is 0 Å². The number of fused-ring (bicyclic) bond motifs is 1. The van der Waals surface area contributed by atoms with Crippen molar-refractivity contribution in [3.8, 4) is 0 Å². The lowest BCUT2D eigenvalue weighted by molar-refractivity contribution is -0.117. The van der Waals surface area contributed by atoms with Crippen molar-refractivity contribution in [1.82, 2.24) is 4.98 Å². The molecular formula is C21H19N3O2S. The Labute approximate surface area is 161 Å². The Hall–Kier alpha value is -2.99. The van der Waals surface area contributed by atoms with Crippen LogP contribution in [0.25, 0.3) is 0 Å². The number of nitrogens with zero attached hydrogens (tertiary/aromatic N) is 1. The molecule has 5 nitrogen and oxygen atoms in total. The third-order valence-electron chi connectivity index (χ3n) is 4.61. The molecule has 1 aliphatic carbocycles. The Morgan fingerprint density at radius 2 is 1.78 bits per heavy atom. The zero-order valence-electron chi connectivity index (χ0n) is 14.9. The van der Waals surface area contributed by atoms with Crippen LogP contribution in [-0.2, 0) is 11.2 Å². The molecule has 0 aliphatic heterocycles. The van der Waals surface area contributed by atoms with Gasteiger partial charge in [-0.15, -0.1) is 11.3 Å². The summed E-state index contributed by atoms with van der Waals surface area (Å²) in [6.45, 7) is 1.98. The number of amides is 2. The number of aromatic nitrogens is 1. The molecule has 136 valence electrons. The highest BCUT2D eigenvalue weighted by Crippen LogP contribution is 2.39. The Morgan fingerprint density at radius 3 is 2.52 bits per heavy atom. The fourth-order valence-electron chi connectivity index (χ4n) is 3.16. The summed E-state index contributed by atoms with van der Waals surface area (Å²) in [7, 11) is 0. The second-order valence-electron chi connectivity index (χ2n) is 6.59. The van der Waals surface area contributed by atoms with E-state index in [9.17, 15) is 9.59 Å². The van der Waals surface area contributed by atoms with Crippen LogP contribution in [0.4, 0.5) is 10.8 Å². The van der Waals surface area contributed by atoms with Crippen molar-refractivity contribution in [2.75, 3.05) is 10.6 Å². The summed E-state index contributed by atoms with van der Waals surface area (Å²) >= 11 is 1.45. The summed E-state index contributed by atoms with van der Waals surface area (Å²) in [4.78, 5) is 30.6. The van der Waals surface area contributed by atoms with Crippen molar-refractivity contribution in [3.63, 3.8) is 0 Å². The van der Waals surface area contributed by atoms with Crippen LogP contribution in [0, 0.1) is 6.92 Å². The second kappa shape index (κ2) is 7.32. The van der Waals surface area contributed by atoms with E-state index in [1.807, 2.05) is 49.4 Å². The van der Waals surface area contributed by atoms with Crippen LogP contribution in [0.1, 0.15) is 38.8 Å². The lowest BCUT2D eigenvalue weighted by Crippen LogP contribution is -2.20. The molecule has 1 aliphatic rings. The van der Waals surface area contributed by atoms with Gasteiger partial charge in [0.1, 0.15) is 0 Å². The van der Waals surface area contributed by atoms with Crippen LogP contribution in [0.2, 0.25) is 0 Å². The van der Waals surface area contributed by atoms with Gasteiger partial charge in [-0.2, -0.15) is 0 Å². The summed E-state index contributed by atoms with van der Waals surface area (Å²) in [5.41, 5.74) is 3.26. The van der Waals surface area contributed by atoms with Gasteiger partial charge in [0.25, 0.3) is 5.91 Å². The van der Waals surface area contributed by atoms with Crippen LogP contribution in [-0.4, -0.2) is 16.8 Å². The summed E-state index contributed by atoms with van der Waals surface area (Å²) in [6, 6.07) is 16.8. The maximum atomic E-state index is 12.6. The van der Waals surface area contributed by atoms with E-state index >= 15 is 0 Å². The largest absolute Gasteiger partial charge is 0.326 e. The van der Waals surface area contributed by atoms with Crippen molar-refractivity contribution in [2.24, 2.45) is 0 Å². The predicted octanol–water partition coefficient (Wildman–Crippen LogP) is 4.37. The number of aryl methyl sites for hydroxylation is 2. The highest BCUT2D eigenvalue weighted by atomic mass is 32.1. The number of benzene rings is 2. The molecule has 6 heteroatoms. The smallest absolute Gasteiger partial charge is 0.257 e. The van der Waals surface area contributed by atoms with Gasteiger partial charge in [-0.25, -0.2) is 4.98 Å². The maximum absolute atomic E-state index is 12.6. The van der Waals surface area contributed by atoms with Gasteiger partial charge < -0.3 is 5.32 Å². The minimum atomic E-state index is -0.276. The Balaban J connectivity index is 1.47. The molecule has 3 aromatic rings. The number of carbonyl (C=O) groups is 2. The minimum Gasteiger partial charge on any atom is -0.326 e. The van der Waals surface area contributed by atoms with E-state index in [1.54, 1.807) is 12.1 Å². The fraction of sp³-hybridized carbons (Fsp3) is 0.190. The maximum Gasteiger partial charge on any atom is 0.257 e. The third-order valence-corrected chi connectivity index (χ3v) is 5.66. The molecule has 2 N–H and O–H groups in total. The van der Waals surface area contributed by atoms with Gasteiger partial charge in [0, 0.05) is 16.1 Å². The van der Waals surface area contributed by atoms with E-state index in [0.29, 0.717) is 10.7 Å². The molecule has 0 spiro atoms. The van der Waals surface area contributed by atoms with Gasteiger partial charge in [-0.3, -0.25) is 14.9 Å². The fourth-order valence-corrected chi connectivity index (χ4v) is 4.19. The zero-order chi connectivity index (χ0) is 18.8. The van der Waals surface area contributed by atoms with Crippen LogP contribution in [0.5, 0.6) is 0 Å². The molecule has 0 radical (unpaired) electrons. The standard InChI is InChI=1S/C21H19N3O2S/c1-13-7-9-14(10-8-13)19(25)24-21-23-18-16(11-12-17(18)27-21)20(26)22-15-5-3-2-4-6-15/h2-10,16H,11-12H2,1H3,(H,22,26)(H,23,24,25). The van der Waals surface area contributed by atoms with E-state index in [2.05, 4.69) is 15.6 Å². The van der Waals surface area contributed by atoms with Crippen molar-refractivity contribution in [3.05, 3.63) is 76.3 Å². The molecule has 1 atom stereocenters. The quantitative estimate of drug-likeness (QED) is 0.709. The first kappa shape index (κ1) is 17.4. The van der Waals surface area contributed by atoms with E-state index in [0.717, 1.165) is 34.7 Å². The summed E-state index contributed by atoms with van der Waals surface area (Å²) in [5.74, 6) is -0.518. The molecule has 1 unspecified atom stereocenters. The molecule has 0 bridgehead atoms. The minimum absolute atomic E-state index is 0.0540. The van der Waals surface area contributed by atoms with Crippen LogP contribution in [0.15, 0.2) is 54.6 Å². The van der Waals surface area contributed by atoms with E-state index in [1.165, 1.54) is 11.3 Å². The van der Waals surface area contributed by atoms with Gasteiger partial charge in [0.05, 0.1) is 11.6 Å². The van der Waals surface area contributed by atoms with Gasteiger partial charge in [-0.05, 0) is 44.0 Å². The van der Waals surface area contributed by atoms with E-state index < -0.39 is 0 Å². The van der Waals surface area contributed by atoms with Gasteiger partial charge in [-0.1, -0.05) is 35.9 Å². The highest BCUT2D eigenvalue weighted by molar-refractivity contribution is 7.16. The molecule has 0 saturated heterocycles. The van der Waals surface area contributed by atoms with Crippen molar-refractivity contribution in [2.45, 2.75) is 25.7 Å². The van der Waals surface area contributed by atoms with Crippen molar-refractivity contribution < 1.29 is 9.59 Å². The number of carbonyl (C=O) groups excluding carboxylic acids is 2. The Morgan fingerprint density at radius 1 is 1.04 bits per heavy atom. The SMILES string of the molecule is Cc1ccc(C(=O)Nc2nc3c(s2)CCC3C(=O)Nc2ccccc2)cc1. The molecule has 0 saturated carbocycles. The first-order valence-electron chi connectivity index (χ1n) is 8.83. The molecule has 2 aromatic carbocycles. The van der Waals surface area contributed by atoms with Gasteiger partial charge in [0.2, 0.25) is 5.91 Å². The first-order valence-corrected chi connectivity index (χ1v) is 9.65. The normalized spacial score (nSPS) is 15.2. The second-order valence-corrected chi connectivity index (χ2v) is 7.68. The van der Waals surface area contributed by atoms with E-state index in [-0.39, 0.29) is 17.7 Å². The van der Waals surface area contributed by atoms with E-state index in [4.69, 9.17) is 0 Å². The molecule has 0 fully saturated rings. The molecular weight excluding hydrogens is 358 g/mol. The van der Waals surface area contributed by atoms with Gasteiger partial charge >= 0.3 is 0 Å². The lowest BCUT2D eigenvalue weighted by Gasteiger charge is -2.10. The number of anilines is 2. The summed E-state index contributed by atoms with van der Waals surface area (Å²) < 4.78 is 0. The highest BCUT2D eigenvalue weighted by Gasteiger charge is 2.32. The molecule has 1 aromatic heterocycles. The Bertz CT molecular complexity index is 980. The number of para-hydroxylation sites is 1. The summed E-state index contributed by atoms with van der Waals surface area (Å²) in [5, 5.41) is 6.34. The Kier molecular flexibility index (Phi) is 4.73. The van der Waals surface area contributed by atoms with Gasteiger partial charge in [0.15, 0.2) is 5.13 Å². The van der Waals surface area contributed by atoms with Crippen LogP contribution in [0.3, 0.4) is 0 Å². The molecule has 4 rings (SSSR count). The average Bonchev–Trinajstić information content (AvgIpc) is 3.23. The van der Waals surface area contributed by atoms with Crippen molar-refractivity contribution >= 4 is 34.0 Å². The number of thiazole rings is 1. The monoisotopic (exact) mass is 377 g/mol. The molecule has 1 heterocycles. The zero-order valence-corrected chi connectivity index (χ0v) is 15.7. The lowest BCUT2D eigenvalue weighted by atomic mass is 10.1. The first-order chi connectivity index (χ1) is 13.1. The number of hydrogen-bond donors (Lipinski definition) is 2. The van der Waals surface area contributed by atoms with Crippen LogP contribution >= 0.6 is 11.3 Å². The van der Waals surface area contributed by atoms with Crippen LogP contribution < -0.4 is 10.6 Å². The average molecular weight is 377 g/mol.